The fraction of sp³-hybridized carbons (Fsp3) is 0.147. The summed E-state index contributed by atoms with van der Waals surface area (Å²) < 4.78 is 1.92. The van der Waals surface area contributed by atoms with E-state index in [1.165, 1.54) is 27.8 Å². The van der Waals surface area contributed by atoms with Crippen molar-refractivity contribution in [2.45, 2.75) is 32.1 Å². The molecule has 36 heavy (non-hydrogen) atoms. The van der Waals surface area contributed by atoms with Gasteiger partial charge in [-0.3, -0.25) is 9.36 Å². The van der Waals surface area contributed by atoms with Crippen molar-refractivity contribution < 1.29 is 0 Å². The number of fused-ring (bicyclic) bond motifs is 6. The largest absolute Gasteiger partial charge is 0.277 e. The molecule has 5 aromatic rings. The van der Waals surface area contributed by atoms with Crippen molar-refractivity contribution in [3.05, 3.63) is 125 Å². The van der Waals surface area contributed by atoms with Crippen molar-refractivity contribution in [1.82, 2.24) is 4.57 Å². The van der Waals surface area contributed by atoms with Crippen LogP contribution in [-0.2, 0) is 5.41 Å². The zero-order valence-corrected chi connectivity index (χ0v) is 20.6. The molecule has 0 unspecified atom stereocenters. The van der Waals surface area contributed by atoms with Crippen LogP contribution in [0.25, 0.3) is 49.6 Å². The Labute approximate surface area is 210 Å². The van der Waals surface area contributed by atoms with Crippen molar-refractivity contribution >= 4 is 27.4 Å². The fourth-order valence-corrected chi connectivity index (χ4v) is 6.16. The first-order chi connectivity index (χ1) is 17.5. The summed E-state index contributed by atoms with van der Waals surface area (Å²) in [4.78, 5) is 14.2. The minimum absolute atomic E-state index is 0.0531. The van der Waals surface area contributed by atoms with E-state index in [1.807, 2.05) is 10.6 Å². The number of allylic oxidation sites excluding steroid dienone is 4. The number of hydrogen-bond donors (Lipinski definition) is 0. The van der Waals surface area contributed by atoms with Gasteiger partial charge in [0.15, 0.2) is 0 Å². The highest BCUT2D eigenvalue weighted by Crippen LogP contribution is 2.50. The maximum atomic E-state index is 14.2. The van der Waals surface area contributed by atoms with Crippen LogP contribution < -0.4 is 5.56 Å². The predicted molar refractivity (Wildman–Crippen MR) is 151 cm³/mol. The maximum Gasteiger partial charge on any atom is 0.263 e. The average Bonchev–Trinajstić information content (AvgIpc) is 3.15. The summed E-state index contributed by atoms with van der Waals surface area (Å²) in [5.74, 6) is 0. The molecule has 0 atom stereocenters. The Morgan fingerprint density at radius 1 is 0.694 bits per heavy atom. The Morgan fingerprint density at radius 3 is 2.31 bits per heavy atom. The molecule has 0 amide bonds. The third-order valence-electron chi connectivity index (χ3n) is 8.02. The molecule has 2 aliphatic carbocycles. The molecule has 0 fully saturated rings. The highest BCUT2D eigenvalue weighted by Gasteiger charge is 2.36. The molecule has 7 rings (SSSR count). The van der Waals surface area contributed by atoms with Gasteiger partial charge >= 0.3 is 0 Å². The SMILES string of the molecule is CC1(C)c2ccccc2-c2cc3c(cc21)c(=O)n(C1=CCCC=C1)c1ccc(-c2ccccc2)cc31. The van der Waals surface area contributed by atoms with E-state index in [-0.39, 0.29) is 11.0 Å². The van der Waals surface area contributed by atoms with Gasteiger partial charge in [0.2, 0.25) is 0 Å². The van der Waals surface area contributed by atoms with Gasteiger partial charge in [0, 0.05) is 21.9 Å². The lowest BCUT2D eigenvalue weighted by Gasteiger charge is -2.22. The second-order valence-corrected chi connectivity index (χ2v) is 10.5. The summed E-state index contributed by atoms with van der Waals surface area (Å²) >= 11 is 0. The van der Waals surface area contributed by atoms with E-state index in [0.29, 0.717) is 0 Å². The van der Waals surface area contributed by atoms with Gasteiger partial charge in [-0.05, 0) is 82.0 Å². The van der Waals surface area contributed by atoms with Crippen LogP contribution in [0.15, 0.2) is 108 Å². The number of hydrogen-bond acceptors (Lipinski definition) is 1. The molecular formula is C34H27NO. The molecule has 1 aromatic heterocycles. The Balaban J connectivity index is 1.63. The fourth-order valence-electron chi connectivity index (χ4n) is 6.16. The summed E-state index contributed by atoms with van der Waals surface area (Å²) in [5.41, 5.74) is 9.22. The first-order valence-electron chi connectivity index (χ1n) is 12.7. The summed E-state index contributed by atoms with van der Waals surface area (Å²) in [6, 6.07) is 30.1. The van der Waals surface area contributed by atoms with Gasteiger partial charge < -0.3 is 0 Å². The zero-order chi connectivity index (χ0) is 24.4. The molecule has 2 heteroatoms. The first kappa shape index (κ1) is 21.1. The van der Waals surface area contributed by atoms with Crippen LogP contribution in [0.3, 0.4) is 0 Å². The summed E-state index contributed by atoms with van der Waals surface area (Å²) in [7, 11) is 0. The first-order valence-corrected chi connectivity index (χ1v) is 12.7. The zero-order valence-electron chi connectivity index (χ0n) is 20.6. The molecule has 2 aliphatic rings. The molecule has 174 valence electrons. The second-order valence-electron chi connectivity index (χ2n) is 10.5. The van der Waals surface area contributed by atoms with Gasteiger partial charge in [-0.1, -0.05) is 86.7 Å². The van der Waals surface area contributed by atoms with E-state index in [9.17, 15) is 4.79 Å². The van der Waals surface area contributed by atoms with E-state index in [1.54, 1.807) is 0 Å². The lowest BCUT2D eigenvalue weighted by atomic mass is 9.82. The van der Waals surface area contributed by atoms with Gasteiger partial charge in [-0.15, -0.1) is 0 Å². The van der Waals surface area contributed by atoms with Crippen LogP contribution in [0.2, 0.25) is 0 Å². The van der Waals surface area contributed by atoms with Crippen LogP contribution in [0.5, 0.6) is 0 Å². The highest BCUT2D eigenvalue weighted by molar-refractivity contribution is 6.10. The van der Waals surface area contributed by atoms with Gasteiger partial charge in [0.05, 0.1) is 5.52 Å². The smallest absolute Gasteiger partial charge is 0.263 e. The van der Waals surface area contributed by atoms with Gasteiger partial charge in [-0.2, -0.15) is 0 Å². The third kappa shape index (κ3) is 2.94. The van der Waals surface area contributed by atoms with Crippen LogP contribution in [0.1, 0.15) is 37.8 Å². The quantitative estimate of drug-likeness (QED) is 0.240. The van der Waals surface area contributed by atoms with Crippen molar-refractivity contribution in [2.24, 2.45) is 0 Å². The molecule has 0 bridgehead atoms. The lowest BCUT2D eigenvalue weighted by molar-refractivity contribution is 0.661. The molecule has 0 N–H and O–H groups in total. The number of pyridine rings is 1. The van der Waals surface area contributed by atoms with Crippen LogP contribution in [0.4, 0.5) is 0 Å². The Kier molecular flexibility index (Phi) is 4.50. The third-order valence-corrected chi connectivity index (χ3v) is 8.02. The van der Waals surface area contributed by atoms with Crippen molar-refractivity contribution in [3.63, 3.8) is 0 Å². The van der Waals surface area contributed by atoms with E-state index in [4.69, 9.17) is 0 Å². The Bertz CT molecular complexity index is 1820. The Hall–Kier alpha value is -4.17. The topological polar surface area (TPSA) is 22.0 Å². The monoisotopic (exact) mass is 465 g/mol. The van der Waals surface area contributed by atoms with Gasteiger partial charge in [0.1, 0.15) is 0 Å². The number of nitrogens with zero attached hydrogens (tertiary/aromatic N) is 1. The molecular weight excluding hydrogens is 438 g/mol. The minimum atomic E-state index is -0.151. The van der Waals surface area contributed by atoms with Crippen LogP contribution in [0, 0.1) is 0 Å². The number of rotatable bonds is 2. The minimum Gasteiger partial charge on any atom is -0.277 e. The predicted octanol–water partition coefficient (Wildman–Crippen LogP) is 8.32. The lowest BCUT2D eigenvalue weighted by Crippen LogP contribution is -2.21. The maximum absolute atomic E-state index is 14.2. The number of aromatic nitrogens is 1. The molecule has 0 saturated heterocycles. The Morgan fingerprint density at radius 2 is 1.50 bits per heavy atom. The van der Waals surface area contributed by atoms with E-state index >= 15 is 0 Å². The number of benzene rings is 4. The second kappa shape index (κ2) is 7.66. The van der Waals surface area contributed by atoms with E-state index < -0.39 is 0 Å². The van der Waals surface area contributed by atoms with Crippen molar-refractivity contribution in [2.75, 3.05) is 0 Å². The normalized spacial score (nSPS) is 15.7. The van der Waals surface area contributed by atoms with Crippen LogP contribution >= 0.6 is 0 Å². The average molecular weight is 466 g/mol. The summed E-state index contributed by atoms with van der Waals surface area (Å²) in [5, 5.41) is 2.92. The molecule has 4 aromatic carbocycles. The highest BCUT2D eigenvalue weighted by atomic mass is 16.1. The molecule has 0 spiro atoms. The van der Waals surface area contributed by atoms with E-state index in [0.717, 1.165) is 45.8 Å². The summed E-state index contributed by atoms with van der Waals surface area (Å²) in [6.45, 7) is 4.53. The van der Waals surface area contributed by atoms with Gasteiger partial charge in [0.25, 0.3) is 5.56 Å². The molecule has 0 saturated carbocycles. The van der Waals surface area contributed by atoms with Crippen LogP contribution in [-0.4, -0.2) is 4.57 Å². The van der Waals surface area contributed by atoms with E-state index in [2.05, 4.69) is 111 Å². The molecule has 0 radical (unpaired) electrons. The summed E-state index contributed by atoms with van der Waals surface area (Å²) in [6.07, 6.45) is 8.41. The molecule has 2 nitrogen and oxygen atoms in total. The standard InChI is InChI=1S/C34H27NO/c1-34(2)30-16-10-9-15-25(30)27-20-26-28-19-23(22-11-5-3-6-12-22)17-18-32(28)35(24-13-7-4-8-14-24)33(36)29(26)21-31(27)34/h3,5-7,9-21H,4,8H2,1-2H3. The van der Waals surface area contributed by atoms with Crippen molar-refractivity contribution in [3.8, 4) is 22.3 Å². The molecule has 1 heterocycles. The van der Waals surface area contributed by atoms with Crippen molar-refractivity contribution in [1.29, 1.82) is 0 Å². The molecule has 0 aliphatic heterocycles. The van der Waals surface area contributed by atoms with Gasteiger partial charge in [-0.25, -0.2) is 0 Å².